The van der Waals surface area contributed by atoms with Crippen LogP contribution in [0.15, 0.2) is 15.8 Å². The van der Waals surface area contributed by atoms with Crippen LogP contribution in [0.25, 0.3) is 0 Å². The van der Waals surface area contributed by atoms with Gasteiger partial charge in [0.25, 0.3) is 5.56 Å². The number of nitrogens with zero attached hydrogens (tertiary/aromatic N) is 2. The molecule has 0 radical (unpaired) electrons. The van der Waals surface area contributed by atoms with Crippen molar-refractivity contribution in [1.82, 2.24) is 14.5 Å². The normalized spacial score (nSPS) is 19.7. The lowest BCUT2D eigenvalue weighted by atomic mass is 10.3. The smallest absolute Gasteiger partial charge is 0.328 e. The number of hydrogen-bond acceptors (Lipinski definition) is 5. The van der Waals surface area contributed by atoms with Crippen LogP contribution in [0.4, 0.5) is 0 Å². The minimum atomic E-state index is -0.726. The number of H-pyrrole nitrogens is 1. The van der Waals surface area contributed by atoms with E-state index < -0.39 is 17.4 Å². The van der Waals surface area contributed by atoms with E-state index in [0.29, 0.717) is 18.7 Å². The van der Waals surface area contributed by atoms with E-state index >= 15 is 0 Å². The Morgan fingerprint density at radius 2 is 2.30 bits per heavy atom. The molecule has 0 bridgehead atoms. The quantitative estimate of drug-likeness (QED) is 0.657. The average molecular weight is 283 g/mol. The second kappa shape index (κ2) is 6.02. The third-order valence-electron chi connectivity index (χ3n) is 3.09. The summed E-state index contributed by atoms with van der Waals surface area (Å²) >= 11 is 0. The van der Waals surface area contributed by atoms with Gasteiger partial charge in [0, 0.05) is 24.8 Å². The van der Waals surface area contributed by atoms with Gasteiger partial charge < -0.3 is 14.7 Å². The summed E-state index contributed by atoms with van der Waals surface area (Å²) in [5.74, 6) is -0.303. The maximum Gasteiger partial charge on any atom is 0.328 e. The van der Waals surface area contributed by atoms with Crippen LogP contribution in [0.1, 0.15) is 5.56 Å². The molecule has 1 amide bonds. The van der Waals surface area contributed by atoms with E-state index in [1.165, 1.54) is 11.1 Å². The van der Waals surface area contributed by atoms with Crippen molar-refractivity contribution in [2.45, 2.75) is 19.6 Å². The first-order valence-electron chi connectivity index (χ1n) is 6.31. The molecule has 1 atom stereocenters. The molecule has 0 spiro atoms. The van der Waals surface area contributed by atoms with Gasteiger partial charge in [-0.2, -0.15) is 0 Å². The predicted molar refractivity (Wildman–Crippen MR) is 69.5 cm³/mol. The second-order valence-corrected chi connectivity index (χ2v) is 4.77. The number of nitrogens with one attached hydrogen (secondary N) is 1. The summed E-state index contributed by atoms with van der Waals surface area (Å²) in [6.45, 7) is 2.47. The van der Waals surface area contributed by atoms with E-state index in [9.17, 15) is 19.5 Å². The topological polar surface area (TPSA) is 105 Å². The Hall–Kier alpha value is -1.93. The van der Waals surface area contributed by atoms with Crippen LogP contribution in [0.3, 0.4) is 0 Å². The number of ether oxygens (including phenoxy) is 1. The van der Waals surface area contributed by atoms with Gasteiger partial charge in [0.1, 0.15) is 6.54 Å². The number of aromatic nitrogens is 2. The minimum Gasteiger partial charge on any atom is -0.389 e. The van der Waals surface area contributed by atoms with Crippen molar-refractivity contribution in [3.63, 3.8) is 0 Å². The molecule has 110 valence electrons. The van der Waals surface area contributed by atoms with Gasteiger partial charge in [-0.25, -0.2) is 4.79 Å². The number of aromatic amines is 1. The first kappa shape index (κ1) is 14.5. The van der Waals surface area contributed by atoms with Crippen molar-refractivity contribution in [3.05, 3.63) is 32.6 Å². The number of carbonyl (C=O) groups is 1. The Morgan fingerprint density at radius 1 is 1.55 bits per heavy atom. The van der Waals surface area contributed by atoms with Gasteiger partial charge in [-0.3, -0.25) is 19.1 Å². The molecular formula is C12H17N3O5. The van der Waals surface area contributed by atoms with Gasteiger partial charge in [-0.05, 0) is 6.92 Å². The molecule has 1 aliphatic heterocycles. The Kier molecular flexibility index (Phi) is 4.35. The van der Waals surface area contributed by atoms with Crippen LogP contribution < -0.4 is 11.2 Å². The maximum atomic E-state index is 12.1. The number of hydrogen-bond donors (Lipinski definition) is 2. The summed E-state index contributed by atoms with van der Waals surface area (Å²) in [6, 6.07) is 0. The molecule has 1 fully saturated rings. The lowest BCUT2D eigenvalue weighted by Gasteiger charge is -2.21. The SMILES string of the molecule is Cc1cn(CC(=O)N2CCOC[C@@H](O)C2)c(=O)[nH]c1=O. The highest BCUT2D eigenvalue weighted by Crippen LogP contribution is 2.01. The molecule has 0 unspecified atom stereocenters. The van der Waals surface area contributed by atoms with Gasteiger partial charge in [0.15, 0.2) is 0 Å². The summed E-state index contributed by atoms with van der Waals surface area (Å²) in [7, 11) is 0. The Balaban J connectivity index is 2.13. The molecule has 0 aliphatic carbocycles. The van der Waals surface area contributed by atoms with Crippen LogP contribution in [0, 0.1) is 6.92 Å². The van der Waals surface area contributed by atoms with Crippen molar-refractivity contribution in [1.29, 1.82) is 0 Å². The molecule has 2 N–H and O–H groups in total. The van der Waals surface area contributed by atoms with Gasteiger partial charge in [0.2, 0.25) is 5.91 Å². The van der Waals surface area contributed by atoms with Crippen molar-refractivity contribution >= 4 is 5.91 Å². The largest absolute Gasteiger partial charge is 0.389 e. The summed E-state index contributed by atoms with van der Waals surface area (Å²) in [4.78, 5) is 38.6. The van der Waals surface area contributed by atoms with Crippen LogP contribution in [-0.2, 0) is 16.1 Å². The molecule has 1 aliphatic rings. The van der Waals surface area contributed by atoms with Crippen LogP contribution in [-0.4, -0.2) is 57.9 Å². The van der Waals surface area contributed by atoms with E-state index in [1.807, 2.05) is 0 Å². The van der Waals surface area contributed by atoms with Crippen molar-refractivity contribution in [2.75, 3.05) is 26.3 Å². The fraction of sp³-hybridized carbons (Fsp3) is 0.583. The first-order valence-corrected chi connectivity index (χ1v) is 6.31. The zero-order chi connectivity index (χ0) is 14.7. The highest BCUT2D eigenvalue weighted by Gasteiger charge is 2.21. The van der Waals surface area contributed by atoms with Gasteiger partial charge in [-0.1, -0.05) is 0 Å². The summed E-state index contributed by atoms with van der Waals surface area (Å²) in [5.41, 5.74) is -0.727. The van der Waals surface area contributed by atoms with E-state index in [4.69, 9.17) is 4.74 Å². The van der Waals surface area contributed by atoms with Crippen molar-refractivity contribution in [3.8, 4) is 0 Å². The number of β-amino-alcohol motifs (C(OH)–C–C–N with tert-alkyl or cyclic N) is 1. The van der Waals surface area contributed by atoms with Crippen LogP contribution in [0.2, 0.25) is 0 Å². The lowest BCUT2D eigenvalue weighted by Crippen LogP contribution is -2.42. The molecule has 8 nitrogen and oxygen atoms in total. The fourth-order valence-corrected chi connectivity index (χ4v) is 2.00. The molecule has 20 heavy (non-hydrogen) atoms. The summed E-state index contributed by atoms with van der Waals surface area (Å²) in [5, 5.41) is 9.57. The Morgan fingerprint density at radius 3 is 3.05 bits per heavy atom. The molecule has 8 heteroatoms. The van der Waals surface area contributed by atoms with Crippen LogP contribution in [0.5, 0.6) is 0 Å². The zero-order valence-corrected chi connectivity index (χ0v) is 11.2. The fourth-order valence-electron chi connectivity index (χ4n) is 2.00. The van der Waals surface area contributed by atoms with Crippen molar-refractivity contribution < 1.29 is 14.6 Å². The van der Waals surface area contributed by atoms with E-state index in [-0.39, 0.29) is 25.6 Å². The Labute approximate surface area is 114 Å². The standard InChI is InChI=1S/C12H17N3O5/c1-8-4-15(12(19)13-11(8)18)6-10(17)14-2-3-20-7-9(16)5-14/h4,9,16H,2-3,5-7H2,1H3,(H,13,18,19)/t9-/m0/s1. The third-order valence-corrected chi connectivity index (χ3v) is 3.09. The molecule has 1 saturated heterocycles. The van der Waals surface area contributed by atoms with Gasteiger partial charge >= 0.3 is 5.69 Å². The predicted octanol–water partition coefficient (Wildman–Crippen LogP) is -1.94. The third kappa shape index (κ3) is 3.34. The summed E-state index contributed by atoms with van der Waals surface area (Å²) < 4.78 is 6.29. The van der Waals surface area contributed by atoms with Crippen LogP contribution >= 0.6 is 0 Å². The molecule has 2 rings (SSSR count). The van der Waals surface area contributed by atoms with Gasteiger partial charge in [0.05, 0.1) is 19.3 Å². The van der Waals surface area contributed by atoms with E-state index in [1.54, 1.807) is 6.92 Å². The zero-order valence-electron chi connectivity index (χ0n) is 11.2. The van der Waals surface area contributed by atoms with Crippen molar-refractivity contribution in [2.24, 2.45) is 0 Å². The van der Waals surface area contributed by atoms with E-state index in [0.717, 1.165) is 4.57 Å². The number of rotatable bonds is 2. The monoisotopic (exact) mass is 283 g/mol. The summed E-state index contributed by atoms with van der Waals surface area (Å²) in [6.07, 6.45) is 0.625. The molecule has 1 aromatic heterocycles. The molecule has 2 heterocycles. The number of aryl methyl sites for hydroxylation is 1. The lowest BCUT2D eigenvalue weighted by molar-refractivity contribution is -0.132. The molecular weight excluding hydrogens is 266 g/mol. The molecule has 0 aromatic carbocycles. The number of aliphatic hydroxyl groups excluding tert-OH is 1. The molecule has 0 saturated carbocycles. The first-order chi connectivity index (χ1) is 9.47. The highest BCUT2D eigenvalue weighted by molar-refractivity contribution is 5.76. The number of aliphatic hydroxyl groups is 1. The second-order valence-electron chi connectivity index (χ2n) is 4.77. The molecule has 1 aromatic rings. The van der Waals surface area contributed by atoms with E-state index in [2.05, 4.69) is 4.98 Å². The highest BCUT2D eigenvalue weighted by atomic mass is 16.5. The Bertz CT molecular complexity index is 606. The number of carbonyl (C=O) groups excluding carboxylic acids is 1. The number of amides is 1. The average Bonchev–Trinajstić information content (AvgIpc) is 2.60. The minimum absolute atomic E-state index is 0.177. The maximum absolute atomic E-state index is 12.1. The van der Waals surface area contributed by atoms with Gasteiger partial charge in [-0.15, -0.1) is 0 Å².